The second-order valence-electron chi connectivity index (χ2n) is 7.32. The van der Waals surface area contributed by atoms with Crippen LogP contribution in [0.1, 0.15) is 26.3 Å². The first-order chi connectivity index (χ1) is 14.7. The summed E-state index contributed by atoms with van der Waals surface area (Å²) >= 11 is 1.11. The van der Waals surface area contributed by atoms with E-state index in [1.165, 1.54) is 10.6 Å². The molecule has 31 heavy (non-hydrogen) atoms. The third-order valence-electron chi connectivity index (χ3n) is 4.71. The summed E-state index contributed by atoms with van der Waals surface area (Å²) < 4.78 is 41.3. The largest absolute Gasteiger partial charge is 0.416 e. The number of hydrogen-bond acceptors (Lipinski definition) is 5. The van der Waals surface area contributed by atoms with E-state index in [-0.39, 0.29) is 29.3 Å². The third kappa shape index (κ3) is 5.63. The lowest BCUT2D eigenvalue weighted by Crippen LogP contribution is -2.37. The highest BCUT2D eigenvalue weighted by Gasteiger charge is 2.31. The van der Waals surface area contributed by atoms with E-state index >= 15 is 0 Å². The Balaban J connectivity index is 1.96. The summed E-state index contributed by atoms with van der Waals surface area (Å²) in [6, 6.07) is 8.36. The zero-order chi connectivity index (χ0) is 22.6. The lowest BCUT2D eigenvalue weighted by molar-refractivity contribution is -0.137. The number of amides is 1. The monoisotopic (exact) mass is 449 g/mol. The quantitative estimate of drug-likeness (QED) is 0.534. The number of rotatable bonds is 7. The molecule has 0 aliphatic rings. The van der Waals surface area contributed by atoms with Crippen molar-refractivity contribution < 1.29 is 18.0 Å². The molecule has 0 aliphatic carbocycles. The van der Waals surface area contributed by atoms with E-state index in [1.807, 2.05) is 20.8 Å². The maximum atomic E-state index is 13.3. The molecular formula is C21H22F3N5OS. The highest BCUT2D eigenvalue weighted by Crippen LogP contribution is 2.33. The van der Waals surface area contributed by atoms with Crippen LogP contribution < -0.4 is 5.32 Å². The Morgan fingerprint density at radius 2 is 1.94 bits per heavy atom. The van der Waals surface area contributed by atoms with Crippen molar-refractivity contribution in [2.75, 3.05) is 5.75 Å². The molecule has 1 aromatic carbocycles. The molecule has 0 spiro atoms. The van der Waals surface area contributed by atoms with Gasteiger partial charge in [0.05, 0.1) is 17.0 Å². The van der Waals surface area contributed by atoms with Gasteiger partial charge in [-0.2, -0.15) is 13.2 Å². The van der Waals surface area contributed by atoms with Gasteiger partial charge in [0, 0.05) is 24.0 Å². The fraction of sp³-hybridized carbons (Fsp3) is 0.333. The van der Waals surface area contributed by atoms with E-state index in [1.54, 1.807) is 30.6 Å². The van der Waals surface area contributed by atoms with Gasteiger partial charge in [-0.05, 0) is 43.2 Å². The van der Waals surface area contributed by atoms with Gasteiger partial charge in [0.1, 0.15) is 0 Å². The molecule has 164 valence electrons. The minimum Gasteiger partial charge on any atom is -0.353 e. The van der Waals surface area contributed by atoms with Crippen molar-refractivity contribution in [1.82, 2.24) is 25.1 Å². The summed E-state index contributed by atoms with van der Waals surface area (Å²) in [4.78, 5) is 16.3. The molecule has 1 unspecified atom stereocenters. The van der Waals surface area contributed by atoms with Gasteiger partial charge in [-0.25, -0.2) is 0 Å². The van der Waals surface area contributed by atoms with E-state index in [2.05, 4.69) is 20.5 Å². The number of pyridine rings is 1. The molecular weight excluding hydrogens is 427 g/mol. The summed E-state index contributed by atoms with van der Waals surface area (Å²) in [5, 5.41) is 11.5. The van der Waals surface area contributed by atoms with Gasteiger partial charge in [0.2, 0.25) is 5.91 Å². The third-order valence-corrected chi connectivity index (χ3v) is 5.63. The first-order valence-electron chi connectivity index (χ1n) is 9.62. The Labute approximate surface area is 182 Å². The molecule has 3 rings (SSSR count). The molecule has 0 radical (unpaired) electrons. The number of nitrogens with zero attached hydrogens (tertiary/aromatic N) is 4. The van der Waals surface area contributed by atoms with Crippen LogP contribution in [0.3, 0.4) is 0 Å². The second-order valence-corrected chi connectivity index (χ2v) is 8.26. The van der Waals surface area contributed by atoms with Crippen LogP contribution in [0.25, 0.3) is 17.1 Å². The predicted molar refractivity (Wildman–Crippen MR) is 113 cm³/mol. The topological polar surface area (TPSA) is 72.7 Å². The summed E-state index contributed by atoms with van der Waals surface area (Å²) in [6.45, 7) is 5.92. The minimum atomic E-state index is -4.49. The number of hydrogen-bond donors (Lipinski definition) is 1. The number of benzene rings is 1. The molecule has 1 atom stereocenters. The highest BCUT2D eigenvalue weighted by atomic mass is 32.2. The Hall–Kier alpha value is -2.88. The SMILES string of the molecule is CC(C)C(C)NC(=O)CSc1nnc(-c2cccnc2)n1-c1cccc(C(F)(F)F)c1. The van der Waals surface area contributed by atoms with E-state index in [4.69, 9.17) is 0 Å². The van der Waals surface area contributed by atoms with Crippen LogP contribution in [0.2, 0.25) is 0 Å². The number of aromatic nitrogens is 4. The lowest BCUT2D eigenvalue weighted by atomic mass is 10.1. The molecule has 1 N–H and O–H groups in total. The molecule has 2 heterocycles. The molecule has 3 aromatic rings. The normalized spacial score (nSPS) is 12.7. The van der Waals surface area contributed by atoms with Crippen LogP contribution in [-0.4, -0.2) is 37.5 Å². The van der Waals surface area contributed by atoms with E-state index in [0.29, 0.717) is 16.5 Å². The molecule has 0 aliphatic heterocycles. The van der Waals surface area contributed by atoms with Crippen molar-refractivity contribution in [3.63, 3.8) is 0 Å². The Bertz CT molecular complexity index is 1040. The van der Waals surface area contributed by atoms with Crippen molar-refractivity contribution in [3.05, 3.63) is 54.4 Å². The maximum absolute atomic E-state index is 13.3. The van der Waals surface area contributed by atoms with Crippen molar-refractivity contribution in [2.45, 2.75) is 38.1 Å². The van der Waals surface area contributed by atoms with Crippen LogP contribution in [0.4, 0.5) is 13.2 Å². The maximum Gasteiger partial charge on any atom is 0.416 e. The van der Waals surface area contributed by atoms with Gasteiger partial charge >= 0.3 is 6.18 Å². The van der Waals surface area contributed by atoms with Crippen LogP contribution >= 0.6 is 11.8 Å². The summed E-state index contributed by atoms with van der Waals surface area (Å²) in [5.41, 5.74) is 0.0598. The predicted octanol–water partition coefficient (Wildman–Crippen LogP) is 4.60. The number of halogens is 3. The molecule has 1 amide bonds. The van der Waals surface area contributed by atoms with Crippen molar-refractivity contribution in [3.8, 4) is 17.1 Å². The smallest absolute Gasteiger partial charge is 0.353 e. The van der Waals surface area contributed by atoms with E-state index in [0.717, 1.165) is 23.9 Å². The molecule has 0 saturated heterocycles. The number of carbonyl (C=O) groups excluding carboxylic acids is 1. The molecule has 10 heteroatoms. The second kappa shape index (κ2) is 9.51. The van der Waals surface area contributed by atoms with E-state index in [9.17, 15) is 18.0 Å². The summed E-state index contributed by atoms with van der Waals surface area (Å²) in [7, 11) is 0. The Kier molecular flexibility index (Phi) is 6.99. The number of nitrogens with one attached hydrogen (secondary N) is 1. The molecule has 2 aromatic heterocycles. The number of alkyl halides is 3. The molecule has 0 bridgehead atoms. The van der Waals surface area contributed by atoms with Crippen LogP contribution in [0.5, 0.6) is 0 Å². The zero-order valence-corrected chi connectivity index (χ0v) is 18.0. The van der Waals surface area contributed by atoms with E-state index < -0.39 is 11.7 Å². The summed E-state index contributed by atoms with van der Waals surface area (Å²) in [6.07, 6.45) is -1.34. The lowest BCUT2D eigenvalue weighted by Gasteiger charge is -2.17. The molecule has 6 nitrogen and oxygen atoms in total. The Morgan fingerprint density at radius 1 is 1.16 bits per heavy atom. The minimum absolute atomic E-state index is 0.000362. The fourth-order valence-electron chi connectivity index (χ4n) is 2.69. The average Bonchev–Trinajstić information content (AvgIpc) is 3.16. The van der Waals surface area contributed by atoms with Gasteiger partial charge in [-0.3, -0.25) is 14.3 Å². The van der Waals surface area contributed by atoms with Crippen molar-refractivity contribution in [1.29, 1.82) is 0 Å². The van der Waals surface area contributed by atoms with Gasteiger partial charge < -0.3 is 5.32 Å². The van der Waals surface area contributed by atoms with Crippen LogP contribution in [0, 0.1) is 5.92 Å². The summed E-state index contributed by atoms with van der Waals surface area (Å²) in [5.74, 6) is 0.486. The first-order valence-corrected chi connectivity index (χ1v) is 10.6. The van der Waals surface area contributed by atoms with Gasteiger partial charge in [0.15, 0.2) is 11.0 Å². The average molecular weight is 450 g/mol. The number of carbonyl (C=O) groups is 1. The first kappa shape index (κ1) is 22.8. The van der Waals surface area contributed by atoms with Crippen molar-refractivity contribution in [2.24, 2.45) is 5.92 Å². The van der Waals surface area contributed by atoms with Gasteiger partial charge in [-0.15, -0.1) is 10.2 Å². The standard InChI is InChI=1S/C21H22F3N5OS/c1-13(2)14(3)26-18(30)12-31-20-28-27-19(15-6-5-9-25-11-15)29(20)17-8-4-7-16(10-17)21(22,23)24/h4-11,13-14H,12H2,1-3H3,(H,26,30). The molecule has 0 fully saturated rings. The Morgan fingerprint density at radius 3 is 2.58 bits per heavy atom. The van der Waals surface area contributed by atoms with Crippen molar-refractivity contribution >= 4 is 17.7 Å². The highest BCUT2D eigenvalue weighted by molar-refractivity contribution is 7.99. The fourth-order valence-corrected chi connectivity index (χ4v) is 3.45. The zero-order valence-electron chi connectivity index (χ0n) is 17.2. The molecule has 0 saturated carbocycles. The van der Waals surface area contributed by atoms with Crippen LogP contribution in [0.15, 0.2) is 53.9 Å². The van der Waals surface area contributed by atoms with Gasteiger partial charge in [-0.1, -0.05) is 31.7 Å². The number of thioether (sulfide) groups is 1. The van der Waals surface area contributed by atoms with Crippen LogP contribution in [-0.2, 0) is 11.0 Å². The van der Waals surface area contributed by atoms with Gasteiger partial charge in [0.25, 0.3) is 0 Å².